The maximum absolute atomic E-state index is 12.1. The fraction of sp³-hybridized carbons (Fsp3) is 0.160. The van der Waals surface area contributed by atoms with E-state index in [2.05, 4.69) is 71.1 Å². The van der Waals surface area contributed by atoms with E-state index in [4.69, 9.17) is 16.3 Å². The van der Waals surface area contributed by atoms with Gasteiger partial charge in [-0.2, -0.15) is 0 Å². The van der Waals surface area contributed by atoms with Crippen LogP contribution < -0.4 is 15.4 Å². The van der Waals surface area contributed by atoms with Crippen molar-refractivity contribution in [3.05, 3.63) is 100 Å². The second-order valence-electron chi connectivity index (χ2n) is 7.89. The van der Waals surface area contributed by atoms with Crippen molar-refractivity contribution in [3.8, 4) is 5.75 Å². The van der Waals surface area contributed by atoms with E-state index in [0.717, 1.165) is 5.75 Å². The number of carbonyl (C=O) groups excluding carboxylic acids is 1. The van der Waals surface area contributed by atoms with Crippen molar-refractivity contribution in [3.63, 3.8) is 0 Å². The van der Waals surface area contributed by atoms with Crippen LogP contribution >= 0.6 is 22.9 Å². The molecule has 6 nitrogen and oxygen atoms in total. The van der Waals surface area contributed by atoms with Crippen LogP contribution in [0.3, 0.4) is 0 Å². The van der Waals surface area contributed by atoms with Crippen LogP contribution in [-0.4, -0.2) is 16.2 Å². The molecule has 2 N–H and O–H groups in total. The predicted octanol–water partition coefficient (Wildman–Crippen LogP) is 6.74. The van der Waals surface area contributed by atoms with Crippen molar-refractivity contribution in [1.29, 1.82) is 0 Å². The Labute approximate surface area is 201 Å². The van der Waals surface area contributed by atoms with Gasteiger partial charge in [0, 0.05) is 16.1 Å². The topological polar surface area (TPSA) is 76.1 Å². The smallest absolute Gasteiger partial charge is 0.325 e. The average Bonchev–Trinajstić information content (AvgIpc) is 3.25. The van der Waals surface area contributed by atoms with Crippen molar-refractivity contribution in [2.45, 2.75) is 25.9 Å². The highest BCUT2D eigenvalue weighted by Crippen LogP contribution is 2.32. The van der Waals surface area contributed by atoms with Gasteiger partial charge in [-0.15, -0.1) is 10.2 Å². The van der Waals surface area contributed by atoms with E-state index < -0.39 is 6.03 Å². The molecule has 0 aliphatic rings. The maximum Gasteiger partial charge on any atom is 0.325 e. The molecule has 168 valence electrons. The molecule has 0 atom stereocenters. The van der Waals surface area contributed by atoms with E-state index in [-0.39, 0.29) is 12.0 Å². The van der Waals surface area contributed by atoms with Gasteiger partial charge in [0.25, 0.3) is 0 Å². The Morgan fingerprint density at radius 2 is 1.67 bits per heavy atom. The Balaban J connectivity index is 1.31. The standard InChI is InChI=1S/C25H23ClN4O2S/c1-25(2,17-7-4-3-5-8-17)18-11-13-21(14-12-18)32-16-22-29-30-24(33-22)28-23(31)27-20-10-6-9-19(26)15-20/h3-15H,16H2,1-2H3,(H2,27,28,30,31). The molecule has 0 bridgehead atoms. The van der Waals surface area contributed by atoms with E-state index in [9.17, 15) is 4.79 Å². The molecule has 8 heteroatoms. The lowest BCUT2D eigenvalue weighted by Gasteiger charge is -2.26. The van der Waals surface area contributed by atoms with E-state index in [0.29, 0.717) is 20.8 Å². The summed E-state index contributed by atoms with van der Waals surface area (Å²) in [7, 11) is 0. The van der Waals surface area contributed by atoms with E-state index in [1.54, 1.807) is 24.3 Å². The number of anilines is 2. The number of urea groups is 1. The Kier molecular flexibility index (Phi) is 6.91. The molecule has 0 unspecified atom stereocenters. The van der Waals surface area contributed by atoms with Gasteiger partial charge in [-0.1, -0.05) is 85.3 Å². The Morgan fingerprint density at radius 3 is 2.39 bits per heavy atom. The molecule has 1 heterocycles. The molecule has 0 saturated carbocycles. The molecule has 0 fully saturated rings. The molecule has 0 aliphatic heterocycles. The summed E-state index contributed by atoms with van der Waals surface area (Å²) in [6.07, 6.45) is 0. The third kappa shape index (κ3) is 5.88. The van der Waals surface area contributed by atoms with Crippen LogP contribution in [-0.2, 0) is 12.0 Å². The zero-order chi connectivity index (χ0) is 23.3. The van der Waals surface area contributed by atoms with Gasteiger partial charge >= 0.3 is 6.03 Å². The number of rotatable bonds is 7. The van der Waals surface area contributed by atoms with E-state index in [1.807, 2.05) is 18.2 Å². The van der Waals surface area contributed by atoms with Crippen molar-refractivity contribution >= 4 is 39.8 Å². The number of hydrogen-bond acceptors (Lipinski definition) is 5. The zero-order valence-corrected chi connectivity index (χ0v) is 19.8. The summed E-state index contributed by atoms with van der Waals surface area (Å²) in [4.78, 5) is 12.1. The van der Waals surface area contributed by atoms with Gasteiger partial charge in [0.15, 0.2) is 5.01 Å². The second-order valence-corrected chi connectivity index (χ2v) is 9.39. The van der Waals surface area contributed by atoms with Gasteiger partial charge in [-0.3, -0.25) is 5.32 Å². The lowest BCUT2D eigenvalue weighted by molar-refractivity contribution is 0.262. The Morgan fingerprint density at radius 1 is 0.939 bits per heavy atom. The van der Waals surface area contributed by atoms with Crippen LogP contribution in [0.1, 0.15) is 30.0 Å². The largest absolute Gasteiger partial charge is 0.486 e. The molecule has 0 spiro atoms. The quantitative estimate of drug-likeness (QED) is 0.308. The first-order valence-electron chi connectivity index (χ1n) is 10.3. The van der Waals surface area contributed by atoms with Crippen LogP contribution in [0.15, 0.2) is 78.9 Å². The molecule has 1 aromatic heterocycles. The van der Waals surface area contributed by atoms with Gasteiger partial charge in [0.2, 0.25) is 5.13 Å². The number of halogens is 1. The fourth-order valence-electron chi connectivity index (χ4n) is 3.32. The van der Waals surface area contributed by atoms with Gasteiger partial charge in [0.05, 0.1) is 0 Å². The van der Waals surface area contributed by atoms with Crippen molar-refractivity contribution in [1.82, 2.24) is 10.2 Å². The first-order chi connectivity index (χ1) is 15.9. The third-order valence-electron chi connectivity index (χ3n) is 5.20. The summed E-state index contributed by atoms with van der Waals surface area (Å²) in [5.74, 6) is 0.742. The minimum Gasteiger partial charge on any atom is -0.486 e. The number of carbonyl (C=O) groups is 1. The maximum atomic E-state index is 12.1. The molecule has 0 saturated heterocycles. The molecule has 4 aromatic rings. The molecular weight excluding hydrogens is 456 g/mol. The number of aromatic nitrogens is 2. The van der Waals surface area contributed by atoms with E-state index >= 15 is 0 Å². The van der Waals surface area contributed by atoms with E-state index in [1.165, 1.54) is 22.5 Å². The fourth-order valence-corrected chi connectivity index (χ4v) is 4.16. The van der Waals surface area contributed by atoms with Crippen molar-refractivity contribution in [2.75, 3.05) is 10.6 Å². The summed E-state index contributed by atoms with van der Waals surface area (Å²) in [5.41, 5.74) is 2.94. The van der Waals surface area contributed by atoms with Gasteiger partial charge in [0.1, 0.15) is 12.4 Å². The average molecular weight is 479 g/mol. The van der Waals surface area contributed by atoms with Crippen LogP contribution in [0, 0.1) is 0 Å². The third-order valence-corrected chi connectivity index (χ3v) is 6.25. The molecule has 33 heavy (non-hydrogen) atoms. The summed E-state index contributed by atoms with van der Waals surface area (Å²) in [6.45, 7) is 4.67. The minimum absolute atomic E-state index is 0.106. The van der Waals surface area contributed by atoms with Crippen LogP contribution in [0.25, 0.3) is 0 Å². The van der Waals surface area contributed by atoms with Crippen molar-refractivity contribution in [2.24, 2.45) is 0 Å². The highest BCUT2D eigenvalue weighted by atomic mass is 35.5. The Hall–Kier alpha value is -3.42. The summed E-state index contributed by atoms with van der Waals surface area (Å²) in [6, 6.07) is 25.0. The summed E-state index contributed by atoms with van der Waals surface area (Å²) >= 11 is 7.18. The molecule has 0 aliphatic carbocycles. The molecular formula is C25H23ClN4O2S. The first kappa shape index (κ1) is 22.8. The highest BCUT2D eigenvalue weighted by Gasteiger charge is 2.22. The summed E-state index contributed by atoms with van der Waals surface area (Å²) < 4.78 is 5.86. The zero-order valence-electron chi connectivity index (χ0n) is 18.2. The number of benzene rings is 3. The second kappa shape index (κ2) is 10.0. The minimum atomic E-state index is -0.419. The lowest BCUT2D eigenvalue weighted by atomic mass is 9.78. The van der Waals surface area contributed by atoms with Crippen LogP contribution in [0.4, 0.5) is 15.6 Å². The summed E-state index contributed by atoms with van der Waals surface area (Å²) in [5, 5.41) is 15.0. The van der Waals surface area contributed by atoms with Crippen LogP contribution in [0.5, 0.6) is 5.75 Å². The number of hydrogen-bond donors (Lipinski definition) is 2. The number of nitrogens with one attached hydrogen (secondary N) is 2. The molecule has 0 radical (unpaired) electrons. The van der Waals surface area contributed by atoms with Gasteiger partial charge in [-0.25, -0.2) is 4.79 Å². The predicted molar refractivity (Wildman–Crippen MR) is 133 cm³/mol. The number of nitrogens with zero attached hydrogens (tertiary/aromatic N) is 2. The monoisotopic (exact) mass is 478 g/mol. The molecule has 3 aromatic carbocycles. The SMILES string of the molecule is CC(C)(c1ccccc1)c1ccc(OCc2nnc(NC(=O)Nc3cccc(Cl)c3)s2)cc1. The highest BCUT2D eigenvalue weighted by molar-refractivity contribution is 7.15. The van der Waals surface area contributed by atoms with Gasteiger partial charge < -0.3 is 10.1 Å². The number of amides is 2. The number of ether oxygens (including phenoxy) is 1. The van der Waals surface area contributed by atoms with Crippen LogP contribution in [0.2, 0.25) is 5.02 Å². The molecule has 4 rings (SSSR count). The van der Waals surface area contributed by atoms with Crippen molar-refractivity contribution < 1.29 is 9.53 Å². The lowest BCUT2D eigenvalue weighted by Crippen LogP contribution is -2.19. The normalized spacial score (nSPS) is 11.1. The Bertz CT molecular complexity index is 1230. The molecule has 2 amide bonds. The van der Waals surface area contributed by atoms with Gasteiger partial charge in [-0.05, 0) is 41.5 Å². The first-order valence-corrected chi connectivity index (χ1v) is 11.5.